The summed E-state index contributed by atoms with van der Waals surface area (Å²) in [6.45, 7) is 4.33. The third-order valence-corrected chi connectivity index (χ3v) is 4.31. The highest BCUT2D eigenvalue weighted by Gasteiger charge is 2.25. The molecule has 0 radical (unpaired) electrons. The lowest BCUT2D eigenvalue weighted by Gasteiger charge is -2.28. The monoisotopic (exact) mass is 354 g/mol. The van der Waals surface area contributed by atoms with E-state index >= 15 is 0 Å². The van der Waals surface area contributed by atoms with Crippen molar-refractivity contribution in [1.29, 1.82) is 0 Å². The van der Waals surface area contributed by atoms with E-state index in [1.54, 1.807) is 25.9 Å². The summed E-state index contributed by atoms with van der Waals surface area (Å²) < 4.78 is 5.30. The number of para-hydroxylation sites is 1. The highest BCUT2D eigenvalue weighted by molar-refractivity contribution is 5.87. The summed E-state index contributed by atoms with van der Waals surface area (Å²) in [6.07, 6.45) is 0.358. The van der Waals surface area contributed by atoms with Crippen molar-refractivity contribution in [1.82, 2.24) is 10.2 Å². The van der Waals surface area contributed by atoms with Gasteiger partial charge in [-0.05, 0) is 18.6 Å². The maximum atomic E-state index is 12.6. The van der Waals surface area contributed by atoms with Crippen molar-refractivity contribution in [2.75, 3.05) is 7.11 Å². The molecule has 1 N–H and O–H groups in total. The molecule has 0 bridgehead atoms. The zero-order valence-electron chi connectivity index (χ0n) is 15.6. The molecule has 138 valence electrons. The van der Waals surface area contributed by atoms with E-state index in [4.69, 9.17) is 4.74 Å². The Morgan fingerprint density at radius 2 is 1.73 bits per heavy atom. The number of nitrogens with one attached hydrogen (secondary N) is 1. The molecule has 1 atom stereocenters. The van der Waals surface area contributed by atoms with Gasteiger partial charge in [0.05, 0.1) is 7.11 Å². The average Bonchev–Trinajstić information content (AvgIpc) is 2.70. The van der Waals surface area contributed by atoms with Crippen LogP contribution in [0.1, 0.15) is 31.4 Å². The van der Waals surface area contributed by atoms with Crippen LogP contribution in [-0.4, -0.2) is 29.9 Å². The molecule has 0 aliphatic rings. The van der Waals surface area contributed by atoms with Crippen LogP contribution in [0.15, 0.2) is 54.6 Å². The van der Waals surface area contributed by atoms with Gasteiger partial charge in [-0.25, -0.2) is 0 Å². The van der Waals surface area contributed by atoms with E-state index in [0.29, 0.717) is 19.5 Å². The highest BCUT2D eigenvalue weighted by Crippen LogP contribution is 2.17. The first-order valence-corrected chi connectivity index (χ1v) is 8.79. The van der Waals surface area contributed by atoms with E-state index in [2.05, 4.69) is 5.32 Å². The molecule has 0 spiro atoms. The standard InChI is InChI=1S/C21H26N2O3/c1-4-20(24)23(15-17-10-6-5-7-11-17)16(2)21(25)22-14-18-12-8-9-13-19(18)26-3/h5-13,16H,4,14-15H2,1-3H3,(H,22,25)/t16-/m0/s1. The maximum Gasteiger partial charge on any atom is 0.242 e. The SMILES string of the molecule is CCC(=O)N(Cc1ccccc1)[C@@H](C)C(=O)NCc1ccccc1OC. The van der Waals surface area contributed by atoms with Crippen molar-refractivity contribution in [2.24, 2.45) is 0 Å². The summed E-state index contributed by atoms with van der Waals surface area (Å²) in [7, 11) is 1.60. The molecule has 5 heteroatoms. The van der Waals surface area contributed by atoms with Gasteiger partial charge < -0.3 is 15.0 Å². The molecule has 2 rings (SSSR count). The molecule has 0 aliphatic heterocycles. The smallest absolute Gasteiger partial charge is 0.242 e. The van der Waals surface area contributed by atoms with E-state index in [1.807, 2.05) is 54.6 Å². The zero-order valence-corrected chi connectivity index (χ0v) is 15.6. The van der Waals surface area contributed by atoms with Gasteiger partial charge in [-0.15, -0.1) is 0 Å². The fraction of sp³-hybridized carbons (Fsp3) is 0.333. The van der Waals surface area contributed by atoms with Crippen LogP contribution < -0.4 is 10.1 Å². The summed E-state index contributed by atoms with van der Waals surface area (Å²) in [5.41, 5.74) is 1.89. The van der Waals surface area contributed by atoms with Crippen LogP contribution in [0.5, 0.6) is 5.75 Å². The van der Waals surface area contributed by atoms with Gasteiger partial charge in [0.15, 0.2) is 0 Å². The first kappa shape index (κ1) is 19.5. The summed E-state index contributed by atoms with van der Waals surface area (Å²) in [5, 5.41) is 2.91. The Labute approximate surface area is 155 Å². The van der Waals surface area contributed by atoms with E-state index in [0.717, 1.165) is 16.9 Å². The number of ether oxygens (including phenoxy) is 1. The van der Waals surface area contributed by atoms with E-state index in [9.17, 15) is 9.59 Å². The second-order valence-corrected chi connectivity index (χ2v) is 6.07. The summed E-state index contributed by atoms with van der Waals surface area (Å²) in [5.74, 6) is 0.494. The molecule has 0 saturated carbocycles. The van der Waals surface area contributed by atoms with Gasteiger partial charge in [0.2, 0.25) is 11.8 Å². The van der Waals surface area contributed by atoms with Gasteiger partial charge in [-0.2, -0.15) is 0 Å². The van der Waals surface area contributed by atoms with Crippen LogP contribution in [0.2, 0.25) is 0 Å². The number of hydrogen-bond acceptors (Lipinski definition) is 3. The average molecular weight is 354 g/mol. The van der Waals surface area contributed by atoms with Crippen molar-refractivity contribution in [3.63, 3.8) is 0 Å². The van der Waals surface area contributed by atoms with Crippen LogP contribution in [0.4, 0.5) is 0 Å². The Morgan fingerprint density at radius 3 is 2.38 bits per heavy atom. The Morgan fingerprint density at radius 1 is 1.08 bits per heavy atom. The third-order valence-electron chi connectivity index (χ3n) is 4.31. The van der Waals surface area contributed by atoms with Crippen LogP contribution in [0, 0.1) is 0 Å². The number of benzene rings is 2. The largest absolute Gasteiger partial charge is 0.496 e. The van der Waals surface area contributed by atoms with Gasteiger partial charge in [-0.3, -0.25) is 9.59 Å². The second kappa shape index (κ2) is 9.61. The molecule has 0 fully saturated rings. The fourth-order valence-corrected chi connectivity index (χ4v) is 2.74. The van der Waals surface area contributed by atoms with Crippen LogP contribution in [0.25, 0.3) is 0 Å². The molecule has 0 unspecified atom stereocenters. The van der Waals surface area contributed by atoms with Gasteiger partial charge in [0, 0.05) is 25.1 Å². The Kier molecular flexibility index (Phi) is 7.21. The second-order valence-electron chi connectivity index (χ2n) is 6.07. The van der Waals surface area contributed by atoms with E-state index < -0.39 is 6.04 Å². The number of methoxy groups -OCH3 is 1. The molecular formula is C21H26N2O3. The van der Waals surface area contributed by atoms with E-state index in [-0.39, 0.29) is 11.8 Å². The predicted molar refractivity (Wildman–Crippen MR) is 102 cm³/mol. The van der Waals surface area contributed by atoms with Gasteiger partial charge >= 0.3 is 0 Å². The third kappa shape index (κ3) is 5.09. The first-order valence-electron chi connectivity index (χ1n) is 8.79. The van der Waals surface area contributed by atoms with E-state index in [1.165, 1.54) is 0 Å². The van der Waals surface area contributed by atoms with Gasteiger partial charge in [0.1, 0.15) is 11.8 Å². The van der Waals surface area contributed by atoms with Gasteiger partial charge in [0.25, 0.3) is 0 Å². The Balaban J connectivity index is 2.05. The fourth-order valence-electron chi connectivity index (χ4n) is 2.74. The van der Waals surface area contributed by atoms with Gasteiger partial charge in [-0.1, -0.05) is 55.5 Å². The topological polar surface area (TPSA) is 58.6 Å². The van der Waals surface area contributed by atoms with Crippen molar-refractivity contribution in [3.05, 3.63) is 65.7 Å². The normalized spacial score (nSPS) is 11.5. The number of amides is 2. The van der Waals surface area contributed by atoms with Crippen molar-refractivity contribution < 1.29 is 14.3 Å². The molecular weight excluding hydrogens is 328 g/mol. The van der Waals surface area contributed by atoms with Crippen molar-refractivity contribution in [2.45, 2.75) is 39.4 Å². The molecule has 0 heterocycles. The zero-order chi connectivity index (χ0) is 18.9. The number of carbonyl (C=O) groups excluding carboxylic acids is 2. The lowest BCUT2D eigenvalue weighted by Crippen LogP contribution is -2.47. The van der Waals surface area contributed by atoms with Crippen molar-refractivity contribution >= 4 is 11.8 Å². The summed E-state index contributed by atoms with van der Waals surface area (Å²) >= 11 is 0. The maximum absolute atomic E-state index is 12.6. The quantitative estimate of drug-likeness (QED) is 0.792. The Bertz CT molecular complexity index is 731. The van der Waals surface area contributed by atoms with Crippen LogP contribution >= 0.6 is 0 Å². The molecule has 0 aromatic heterocycles. The molecule has 2 aromatic carbocycles. The summed E-state index contributed by atoms with van der Waals surface area (Å²) in [6, 6.07) is 16.7. The summed E-state index contributed by atoms with van der Waals surface area (Å²) in [4.78, 5) is 26.6. The minimum atomic E-state index is -0.558. The number of rotatable bonds is 8. The molecule has 2 aromatic rings. The molecule has 5 nitrogen and oxygen atoms in total. The number of nitrogens with zero attached hydrogens (tertiary/aromatic N) is 1. The minimum absolute atomic E-state index is 0.0474. The molecule has 0 aliphatic carbocycles. The lowest BCUT2D eigenvalue weighted by atomic mass is 10.1. The lowest BCUT2D eigenvalue weighted by molar-refractivity contribution is -0.140. The first-order chi connectivity index (χ1) is 12.6. The van der Waals surface area contributed by atoms with Crippen LogP contribution in [0.3, 0.4) is 0 Å². The van der Waals surface area contributed by atoms with Crippen LogP contribution in [-0.2, 0) is 22.7 Å². The molecule has 0 saturated heterocycles. The Hall–Kier alpha value is -2.82. The molecule has 26 heavy (non-hydrogen) atoms. The number of carbonyl (C=O) groups is 2. The number of hydrogen-bond donors (Lipinski definition) is 1. The predicted octanol–water partition coefficient (Wildman–Crippen LogP) is 3.14. The highest BCUT2D eigenvalue weighted by atomic mass is 16.5. The van der Waals surface area contributed by atoms with Crippen molar-refractivity contribution in [3.8, 4) is 5.75 Å². The molecule has 2 amide bonds. The minimum Gasteiger partial charge on any atom is -0.496 e.